The molecule has 0 spiro atoms. The summed E-state index contributed by atoms with van der Waals surface area (Å²) in [6.45, 7) is 1.40. The summed E-state index contributed by atoms with van der Waals surface area (Å²) in [5.74, 6) is -0.936. The minimum atomic E-state index is -0.736. The highest BCUT2D eigenvalue weighted by Gasteiger charge is 2.20. The fourth-order valence-electron chi connectivity index (χ4n) is 2.60. The summed E-state index contributed by atoms with van der Waals surface area (Å²) in [5.41, 5.74) is 0.867. The number of Topliss-reactive ketones (excluding diaryl/α,β-unsaturated/α-hetero) is 1. The molecule has 0 radical (unpaired) electrons. The van der Waals surface area contributed by atoms with Crippen molar-refractivity contribution in [2.75, 3.05) is 0 Å². The van der Waals surface area contributed by atoms with E-state index in [4.69, 9.17) is 16.0 Å². The lowest BCUT2D eigenvalue weighted by molar-refractivity contribution is -0.118. The third kappa shape index (κ3) is 4.00. The number of rotatable bonds is 5. The molecule has 1 amide bonds. The molecule has 0 unspecified atom stereocenters. The van der Waals surface area contributed by atoms with Crippen LogP contribution in [-0.2, 0) is 11.2 Å². The van der Waals surface area contributed by atoms with Gasteiger partial charge in [-0.1, -0.05) is 35.9 Å². The molecule has 0 aliphatic heterocycles. The number of para-hydroxylation sites is 1. The lowest BCUT2D eigenvalue weighted by Gasteiger charge is -2.16. The van der Waals surface area contributed by atoms with Crippen LogP contribution in [0.25, 0.3) is 11.0 Å². The number of benzene rings is 2. The van der Waals surface area contributed by atoms with Crippen LogP contribution < -0.4 is 10.7 Å². The highest BCUT2D eigenvalue weighted by atomic mass is 35.5. The Morgan fingerprint density at radius 3 is 2.50 bits per heavy atom. The number of hydrogen-bond donors (Lipinski definition) is 1. The van der Waals surface area contributed by atoms with E-state index in [-0.39, 0.29) is 17.0 Å². The number of halogens is 1. The van der Waals surface area contributed by atoms with E-state index in [9.17, 15) is 14.4 Å². The van der Waals surface area contributed by atoms with Crippen LogP contribution in [-0.4, -0.2) is 17.7 Å². The van der Waals surface area contributed by atoms with Crippen molar-refractivity contribution in [1.82, 2.24) is 5.32 Å². The largest absolute Gasteiger partial charge is 0.451 e. The molecule has 1 heterocycles. The third-order valence-corrected chi connectivity index (χ3v) is 4.26. The summed E-state index contributed by atoms with van der Waals surface area (Å²) in [4.78, 5) is 36.5. The van der Waals surface area contributed by atoms with Crippen molar-refractivity contribution in [3.8, 4) is 0 Å². The van der Waals surface area contributed by atoms with Crippen molar-refractivity contribution in [3.05, 3.63) is 81.2 Å². The van der Waals surface area contributed by atoms with E-state index in [1.807, 2.05) is 0 Å². The van der Waals surface area contributed by atoms with E-state index >= 15 is 0 Å². The van der Waals surface area contributed by atoms with Crippen LogP contribution in [0.3, 0.4) is 0 Å². The van der Waals surface area contributed by atoms with Gasteiger partial charge in [0.2, 0.25) is 0 Å². The standard InChI is InChI=1S/C20H16ClNO4/c1-12(23)16(10-13-6-8-14(21)9-7-13)22-20(25)19-11-17(24)15-4-2-3-5-18(15)26-19/h2-9,11,16H,10H2,1H3,(H,22,25)/t16-/m0/s1. The predicted octanol–water partition coefficient (Wildman–Crippen LogP) is 3.38. The van der Waals surface area contributed by atoms with Gasteiger partial charge in [-0.25, -0.2) is 0 Å². The van der Waals surface area contributed by atoms with Gasteiger partial charge in [-0.3, -0.25) is 14.4 Å². The van der Waals surface area contributed by atoms with Gasteiger partial charge in [0.15, 0.2) is 17.0 Å². The van der Waals surface area contributed by atoms with Gasteiger partial charge < -0.3 is 9.73 Å². The Labute approximate surface area is 154 Å². The monoisotopic (exact) mass is 369 g/mol. The minimum Gasteiger partial charge on any atom is -0.451 e. The van der Waals surface area contributed by atoms with E-state index in [0.717, 1.165) is 11.6 Å². The van der Waals surface area contributed by atoms with Gasteiger partial charge in [-0.15, -0.1) is 0 Å². The van der Waals surface area contributed by atoms with Gasteiger partial charge in [-0.05, 0) is 43.2 Å². The number of carbonyl (C=O) groups excluding carboxylic acids is 2. The minimum absolute atomic E-state index is 0.129. The van der Waals surface area contributed by atoms with E-state index in [0.29, 0.717) is 22.4 Å². The van der Waals surface area contributed by atoms with Gasteiger partial charge in [-0.2, -0.15) is 0 Å². The first-order chi connectivity index (χ1) is 12.4. The number of carbonyl (C=O) groups is 2. The lowest BCUT2D eigenvalue weighted by Crippen LogP contribution is -2.41. The molecule has 3 aromatic rings. The van der Waals surface area contributed by atoms with Crippen molar-refractivity contribution in [2.45, 2.75) is 19.4 Å². The molecular weight excluding hydrogens is 354 g/mol. The van der Waals surface area contributed by atoms with E-state index in [1.54, 1.807) is 48.5 Å². The molecule has 0 aliphatic carbocycles. The van der Waals surface area contributed by atoms with Crippen molar-refractivity contribution < 1.29 is 14.0 Å². The summed E-state index contributed by atoms with van der Waals surface area (Å²) in [5, 5.41) is 3.62. The van der Waals surface area contributed by atoms with Crippen LogP contribution in [0.4, 0.5) is 0 Å². The maximum atomic E-state index is 12.5. The van der Waals surface area contributed by atoms with Gasteiger partial charge in [0, 0.05) is 11.1 Å². The third-order valence-electron chi connectivity index (χ3n) is 4.01. The second kappa shape index (κ2) is 7.54. The van der Waals surface area contributed by atoms with Crippen LogP contribution in [0.15, 0.2) is 63.8 Å². The number of fused-ring (bicyclic) bond motifs is 1. The van der Waals surface area contributed by atoms with Crippen molar-refractivity contribution >= 4 is 34.3 Å². The molecule has 0 saturated carbocycles. The summed E-state index contributed by atoms with van der Waals surface area (Å²) in [7, 11) is 0. The van der Waals surface area contributed by atoms with Crippen LogP contribution in [0, 0.1) is 0 Å². The van der Waals surface area contributed by atoms with Crippen LogP contribution in [0.5, 0.6) is 0 Å². The second-order valence-corrected chi connectivity index (χ2v) is 6.37. The molecule has 3 rings (SSSR count). The summed E-state index contributed by atoms with van der Waals surface area (Å²) < 4.78 is 5.51. The summed E-state index contributed by atoms with van der Waals surface area (Å²) in [6, 6.07) is 14.1. The first-order valence-electron chi connectivity index (χ1n) is 8.02. The quantitative estimate of drug-likeness (QED) is 0.748. The van der Waals surface area contributed by atoms with Gasteiger partial charge >= 0.3 is 0 Å². The van der Waals surface area contributed by atoms with Gasteiger partial charge in [0.1, 0.15) is 5.58 Å². The number of amides is 1. The van der Waals surface area contributed by atoms with E-state index in [2.05, 4.69) is 5.32 Å². The molecule has 0 saturated heterocycles. The average molecular weight is 370 g/mol. The molecule has 6 heteroatoms. The fourth-order valence-corrected chi connectivity index (χ4v) is 2.72. The molecular formula is C20H16ClNO4. The molecule has 1 atom stereocenters. The Kier molecular flexibility index (Phi) is 5.19. The molecule has 0 fully saturated rings. The Morgan fingerprint density at radius 2 is 1.81 bits per heavy atom. The molecule has 0 bridgehead atoms. The predicted molar refractivity (Wildman–Crippen MR) is 99.6 cm³/mol. The second-order valence-electron chi connectivity index (χ2n) is 5.94. The van der Waals surface area contributed by atoms with Crippen LogP contribution in [0.1, 0.15) is 23.0 Å². The maximum Gasteiger partial charge on any atom is 0.287 e. The van der Waals surface area contributed by atoms with E-state index in [1.165, 1.54) is 6.92 Å². The SMILES string of the molecule is CC(=O)[C@H](Cc1ccc(Cl)cc1)NC(=O)c1cc(=O)c2ccccc2o1. The Hall–Kier alpha value is -2.92. The molecule has 1 aromatic heterocycles. The van der Waals surface area contributed by atoms with Crippen LogP contribution in [0.2, 0.25) is 5.02 Å². The molecule has 1 N–H and O–H groups in total. The van der Waals surface area contributed by atoms with Crippen LogP contribution >= 0.6 is 11.6 Å². The Morgan fingerprint density at radius 1 is 1.12 bits per heavy atom. The zero-order chi connectivity index (χ0) is 18.7. The molecule has 2 aromatic carbocycles. The first kappa shape index (κ1) is 17.9. The maximum absolute atomic E-state index is 12.5. The lowest BCUT2D eigenvalue weighted by atomic mass is 10.0. The molecule has 26 heavy (non-hydrogen) atoms. The highest BCUT2D eigenvalue weighted by Crippen LogP contribution is 2.14. The molecule has 132 valence electrons. The first-order valence-corrected chi connectivity index (χ1v) is 8.40. The average Bonchev–Trinajstić information content (AvgIpc) is 2.62. The summed E-state index contributed by atoms with van der Waals surface area (Å²) in [6.07, 6.45) is 0.316. The highest BCUT2D eigenvalue weighted by molar-refractivity contribution is 6.30. The number of ketones is 1. The zero-order valence-corrected chi connectivity index (χ0v) is 14.7. The van der Waals surface area contributed by atoms with E-state index < -0.39 is 11.9 Å². The Balaban J connectivity index is 1.83. The zero-order valence-electron chi connectivity index (χ0n) is 14.0. The number of nitrogens with one attached hydrogen (secondary N) is 1. The van der Waals surface area contributed by atoms with Crippen molar-refractivity contribution in [1.29, 1.82) is 0 Å². The Bertz CT molecular complexity index is 1020. The molecule has 5 nitrogen and oxygen atoms in total. The fraction of sp³-hybridized carbons (Fsp3) is 0.150. The van der Waals surface area contributed by atoms with Crippen molar-refractivity contribution in [3.63, 3.8) is 0 Å². The topological polar surface area (TPSA) is 76.4 Å². The smallest absolute Gasteiger partial charge is 0.287 e. The molecule has 0 aliphatic rings. The summed E-state index contributed by atoms with van der Waals surface area (Å²) >= 11 is 5.86. The van der Waals surface area contributed by atoms with Gasteiger partial charge in [0.25, 0.3) is 5.91 Å². The normalized spacial score (nSPS) is 11.9. The van der Waals surface area contributed by atoms with Crippen molar-refractivity contribution in [2.24, 2.45) is 0 Å². The number of hydrogen-bond acceptors (Lipinski definition) is 4. The van der Waals surface area contributed by atoms with Gasteiger partial charge in [0.05, 0.1) is 11.4 Å².